The minimum Gasteiger partial charge on any atom is -0.466 e. The van der Waals surface area contributed by atoms with Gasteiger partial charge in [-0.15, -0.1) is 0 Å². The van der Waals surface area contributed by atoms with Crippen LogP contribution in [-0.4, -0.2) is 47.6 Å². The maximum absolute atomic E-state index is 11.9. The second kappa shape index (κ2) is 4.14. The predicted octanol–water partition coefficient (Wildman–Crippen LogP) is 0.233. The topological polar surface area (TPSA) is 66.8 Å². The number of aliphatic hydroxyl groups excluding tert-OH is 1. The lowest BCUT2D eigenvalue weighted by atomic mass is 9.87. The van der Waals surface area contributed by atoms with Crippen LogP contribution in [0.2, 0.25) is 0 Å². The van der Waals surface area contributed by atoms with Crippen LogP contribution in [0, 0.1) is 0 Å². The van der Waals surface area contributed by atoms with Crippen LogP contribution in [0.1, 0.15) is 26.2 Å². The Balaban J connectivity index is 2.35. The molecule has 0 amide bonds. The fourth-order valence-electron chi connectivity index (χ4n) is 3.01. The van der Waals surface area contributed by atoms with Crippen LogP contribution in [0.15, 0.2) is 11.3 Å². The summed E-state index contributed by atoms with van der Waals surface area (Å²) in [7, 11) is 1.34. The Kier molecular flexibility index (Phi) is 2.95. The highest BCUT2D eigenvalue weighted by molar-refractivity contribution is 5.97. The van der Waals surface area contributed by atoms with Gasteiger partial charge in [-0.25, -0.2) is 4.79 Å². The van der Waals surface area contributed by atoms with Crippen molar-refractivity contribution in [2.75, 3.05) is 20.3 Å². The minimum absolute atomic E-state index is 0.201. The third kappa shape index (κ3) is 1.57. The van der Waals surface area contributed by atoms with Crippen molar-refractivity contribution in [2.45, 2.75) is 31.7 Å². The fraction of sp³-hybridized carbons (Fsp3) is 0.667. The van der Waals surface area contributed by atoms with Gasteiger partial charge in [0, 0.05) is 18.7 Å². The second-order valence-electron chi connectivity index (χ2n) is 4.60. The van der Waals surface area contributed by atoms with E-state index < -0.39 is 12.1 Å². The van der Waals surface area contributed by atoms with Crippen LogP contribution in [0.5, 0.6) is 0 Å². The zero-order chi connectivity index (χ0) is 12.6. The number of allylic oxidation sites excluding steroid dienone is 1. The van der Waals surface area contributed by atoms with Crippen LogP contribution >= 0.6 is 0 Å². The molecule has 0 aromatic carbocycles. The van der Waals surface area contributed by atoms with Crippen molar-refractivity contribution in [2.24, 2.45) is 0 Å². The molecule has 0 unspecified atom stereocenters. The van der Waals surface area contributed by atoms with E-state index in [0.29, 0.717) is 18.4 Å². The number of esters is 1. The van der Waals surface area contributed by atoms with Crippen LogP contribution in [0.3, 0.4) is 0 Å². The Bertz CT molecular complexity index is 401. The van der Waals surface area contributed by atoms with E-state index in [1.807, 2.05) is 11.8 Å². The largest absolute Gasteiger partial charge is 0.466 e. The van der Waals surface area contributed by atoms with Gasteiger partial charge in [-0.2, -0.15) is 0 Å². The Morgan fingerprint density at radius 2 is 2.24 bits per heavy atom. The summed E-state index contributed by atoms with van der Waals surface area (Å²) in [5.74, 6) is -0.574. The number of ether oxygens (including phenoxy) is 1. The molecular weight excluding hydrogens is 222 g/mol. The molecule has 17 heavy (non-hydrogen) atoms. The zero-order valence-electron chi connectivity index (χ0n) is 10.2. The smallest absolute Gasteiger partial charge is 0.335 e. The van der Waals surface area contributed by atoms with Gasteiger partial charge < -0.3 is 14.7 Å². The number of nitrogens with zero attached hydrogens (tertiary/aromatic N) is 1. The van der Waals surface area contributed by atoms with Crippen LogP contribution in [0.25, 0.3) is 0 Å². The molecule has 5 nitrogen and oxygen atoms in total. The number of Topliss-reactive ketones (excluding diaryl/α,β-unsaturated/α-hetero) is 1. The molecule has 1 fully saturated rings. The number of hydrogen-bond acceptors (Lipinski definition) is 5. The van der Waals surface area contributed by atoms with Crippen molar-refractivity contribution >= 4 is 11.8 Å². The van der Waals surface area contributed by atoms with E-state index in [1.54, 1.807) is 0 Å². The predicted molar refractivity (Wildman–Crippen MR) is 60.1 cm³/mol. The average molecular weight is 239 g/mol. The normalized spacial score (nSPS) is 27.4. The summed E-state index contributed by atoms with van der Waals surface area (Å²) < 4.78 is 4.73. The van der Waals surface area contributed by atoms with Crippen molar-refractivity contribution in [3.63, 3.8) is 0 Å². The highest BCUT2D eigenvalue weighted by Crippen LogP contribution is 2.45. The van der Waals surface area contributed by atoms with Gasteiger partial charge >= 0.3 is 5.97 Å². The molecule has 0 spiro atoms. The lowest BCUT2D eigenvalue weighted by Gasteiger charge is -2.32. The van der Waals surface area contributed by atoms with Gasteiger partial charge in [0.15, 0.2) is 5.78 Å². The molecule has 94 valence electrons. The van der Waals surface area contributed by atoms with Crippen molar-refractivity contribution in [3.8, 4) is 0 Å². The number of carbonyl (C=O) groups is 2. The lowest BCUT2D eigenvalue weighted by Crippen LogP contribution is -2.47. The van der Waals surface area contributed by atoms with E-state index in [2.05, 4.69) is 0 Å². The first-order valence-electron chi connectivity index (χ1n) is 5.76. The van der Waals surface area contributed by atoms with Crippen LogP contribution in [-0.2, 0) is 14.3 Å². The van der Waals surface area contributed by atoms with Gasteiger partial charge in [0.25, 0.3) is 0 Å². The summed E-state index contributed by atoms with van der Waals surface area (Å²) in [5, 5.41) is 9.09. The molecule has 0 bridgehead atoms. The number of aliphatic hydroxyl groups is 1. The molecule has 0 radical (unpaired) electrons. The molecule has 2 heterocycles. The van der Waals surface area contributed by atoms with Gasteiger partial charge in [0.05, 0.1) is 12.7 Å². The fourth-order valence-corrected chi connectivity index (χ4v) is 3.01. The molecular formula is C12H17NO4. The maximum atomic E-state index is 11.9. The van der Waals surface area contributed by atoms with E-state index in [4.69, 9.17) is 9.84 Å². The standard InChI is InChI=1S/C12H17NO4/c1-8-9(11(16)17-2)6-12(10(15)7-14)4-3-5-13(8)12/h14H,3-7H2,1-2H3/t12-/m0/s1. The molecule has 1 N–H and O–H groups in total. The van der Waals surface area contributed by atoms with E-state index >= 15 is 0 Å². The Labute approximate surface area is 100 Å². The van der Waals surface area contributed by atoms with Gasteiger partial charge in [0.2, 0.25) is 0 Å². The summed E-state index contributed by atoms with van der Waals surface area (Å²) in [4.78, 5) is 25.5. The molecule has 2 aliphatic rings. The Morgan fingerprint density at radius 1 is 1.53 bits per heavy atom. The highest BCUT2D eigenvalue weighted by Gasteiger charge is 2.52. The number of fused-ring (bicyclic) bond motifs is 1. The van der Waals surface area contributed by atoms with Crippen molar-refractivity contribution in [1.29, 1.82) is 0 Å². The Morgan fingerprint density at radius 3 is 2.82 bits per heavy atom. The lowest BCUT2D eigenvalue weighted by molar-refractivity contribution is -0.136. The number of hydrogen-bond donors (Lipinski definition) is 1. The molecule has 2 aliphatic heterocycles. The number of rotatable bonds is 3. The van der Waals surface area contributed by atoms with Crippen molar-refractivity contribution in [3.05, 3.63) is 11.3 Å². The molecule has 0 saturated carbocycles. The highest BCUT2D eigenvalue weighted by atomic mass is 16.5. The maximum Gasteiger partial charge on any atom is 0.335 e. The molecule has 1 saturated heterocycles. The van der Waals surface area contributed by atoms with Crippen molar-refractivity contribution < 1.29 is 19.4 Å². The van der Waals surface area contributed by atoms with E-state index in [-0.39, 0.29) is 11.8 Å². The van der Waals surface area contributed by atoms with E-state index in [0.717, 1.165) is 18.7 Å². The summed E-state index contributed by atoms with van der Waals surface area (Å²) in [6.07, 6.45) is 1.98. The SMILES string of the molecule is COC(=O)C1=C(C)N2CCC[C@@]2(C(=O)CO)C1. The first-order valence-corrected chi connectivity index (χ1v) is 5.76. The quantitative estimate of drug-likeness (QED) is 0.714. The Hall–Kier alpha value is -1.36. The second-order valence-corrected chi connectivity index (χ2v) is 4.60. The first kappa shape index (κ1) is 12.1. The average Bonchev–Trinajstić information content (AvgIpc) is 2.87. The van der Waals surface area contributed by atoms with Gasteiger partial charge in [-0.05, 0) is 19.8 Å². The summed E-state index contributed by atoms with van der Waals surface area (Å²) in [5.41, 5.74) is 0.688. The zero-order valence-corrected chi connectivity index (χ0v) is 10.2. The van der Waals surface area contributed by atoms with Gasteiger partial charge in [-0.1, -0.05) is 0 Å². The molecule has 1 atom stereocenters. The number of methoxy groups -OCH3 is 1. The minimum atomic E-state index is -0.692. The summed E-state index contributed by atoms with van der Waals surface area (Å²) in [6, 6.07) is 0. The number of ketones is 1. The molecule has 0 aromatic heterocycles. The molecule has 2 rings (SSSR count). The van der Waals surface area contributed by atoms with Crippen molar-refractivity contribution in [1.82, 2.24) is 4.90 Å². The molecule has 5 heteroatoms. The first-order chi connectivity index (χ1) is 8.06. The van der Waals surface area contributed by atoms with Crippen LogP contribution in [0.4, 0.5) is 0 Å². The molecule has 0 aromatic rings. The van der Waals surface area contributed by atoms with E-state index in [1.165, 1.54) is 7.11 Å². The molecule has 0 aliphatic carbocycles. The number of carbonyl (C=O) groups excluding carboxylic acids is 2. The third-order valence-corrected chi connectivity index (χ3v) is 3.89. The summed E-state index contributed by atoms with van der Waals surface area (Å²) >= 11 is 0. The van der Waals surface area contributed by atoms with Gasteiger partial charge in [-0.3, -0.25) is 4.79 Å². The summed E-state index contributed by atoms with van der Waals surface area (Å²) in [6.45, 7) is 2.13. The monoisotopic (exact) mass is 239 g/mol. The van der Waals surface area contributed by atoms with Gasteiger partial charge in [0.1, 0.15) is 12.1 Å². The van der Waals surface area contributed by atoms with E-state index in [9.17, 15) is 9.59 Å². The van der Waals surface area contributed by atoms with Crippen LogP contribution < -0.4 is 0 Å². The third-order valence-electron chi connectivity index (χ3n) is 3.89.